The molecule has 0 spiro atoms. The smallest absolute Gasteiger partial charge is 0.354 e. The highest BCUT2D eigenvalue weighted by molar-refractivity contribution is 6.35. The number of nitrogens with zero attached hydrogens (tertiary/aromatic N) is 1. The summed E-state index contributed by atoms with van der Waals surface area (Å²) < 4.78 is 0. The topological polar surface area (TPSA) is 95.1 Å². The number of rotatable bonds is 3. The third-order valence-corrected chi connectivity index (χ3v) is 2.81. The molecule has 0 aliphatic rings. The van der Waals surface area contributed by atoms with E-state index in [1.54, 1.807) is 6.07 Å². The Morgan fingerprint density at radius 3 is 2.74 bits per heavy atom. The number of hydrogen-bond acceptors (Lipinski definition) is 3. The fraction of sp³-hybridized carbons (Fsp3) is 0. The third kappa shape index (κ3) is 2.86. The zero-order valence-corrected chi connectivity index (χ0v) is 10.8. The molecule has 0 aliphatic carbocycles. The molecule has 2 rings (SSSR count). The van der Waals surface area contributed by atoms with E-state index in [1.807, 2.05) is 0 Å². The van der Waals surface area contributed by atoms with Gasteiger partial charge >= 0.3 is 5.97 Å². The van der Waals surface area contributed by atoms with E-state index in [9.17, 15) is 9.59 Å². The molecule has 0 bridgehead atoms. The number of hydrogen-bond donors (Lipinski definition) is 3. The predicted molar refractivity (Wildman–Crippen MR) is 70.0 cm³/mol. The van der Waals surface area contributed by atoms with Crippen molar-refractivity contribution in [3.8, 4) is 0 Å². The molecule has 0 aliphatic heterocycles. The molecule has 0 unspecified atom stereocenters. The number of carbonyl (C=O) groups excluding carboxylic acids is 1. The lowest BCUT2D eigenvalue weighted by Crippen LogP contribution is -2.16. The minimum Gasteiger partial charge on any atom is -0.477 e. The van der Waals surface area contributed by atoms with Crippen molar-refractivity contribution in [1.82, 2.24) is 9.97 Å². The van der Waals surface area contributed by atoms with Crippen LogP contribution in [0.15, 0.2) is 24.5 Å². The summed E-state index contributed by atoms with van der Waals surface area (Å²) in [5.74, 6) is -1.97. The average molecular weight is 300 g/mol. The van der Waals surface area contributed by atoms with Crippen molar-refractivity contribution < 1.29 is 14.7 Å². The minimum atomic E-state index is -1.28. The zero-order valence-electron chi connectivity index (χ0n) is 9.28. The van der Waals surface area contributed by atoms with E-state index in [0.29, 0.717) is 5.02 Å². The number of aromatic nitrogens is 2. The summed E-state index contributed by atoms with van der Waals surface area (Å²) in [7, 11) is 0. The van der Waals surface area contributed by atoms with Crippen LogP contribution >= 0.6 is 23.2 Å². The fourth-order valence-electron chi connectivity index (χ4n) is 1.40. The van der Waals surface area contributed by atoms with Crippen LogP contribution in [0.1, 0.15) is 21.0 Å². The van der Waals surface area contributed by atoms with Crippen LogP contribution in [0.2, 0.25) is 10.0 Å². The molecule has 2 aromatic rings. The van der Waals surface area contributed by atoms with Gasteiger partial charge in [0.15, 0.2) is 11.4 Å². The molecule has 1 heterocycles. The first-order valence-corrected chi connectivity index (χ1v) is 5.77. The Labute approximate surface area is 117 Å². The van der Waals surface area contributed by atoms with Gasteiger partial charge in [0.1, 0.15) is 0 Å². The summed E-state index contributed by atoms with van der Waals surface area (Å²) in [5.41, 5.74) is -0.252. The quantitative estimate of drug-likeness (QED) is 0.812. The predicted octanol–water partition coefficient (Wildman–Crippen LogP) is 2.67. The molecule has 3 N–H and O–H groups in total. The summed E-state index contributed by atoms with van der Waals surface area (Å²) >= 11 is 11.7. The number of aromatic amines is 1. The zero-order chi connectivity index (χ0) is 14.0. The molecule has 0 radical (unpaired) electrons. The number of amides is 1. The van der Waals surface area contributed by atoms with Gasteiger partial charge in [0.2, 0.25) is 0 Å². The molecule has 19 heavy (non-hydrogen) atoms. The van der Waals surface area contributed by atoms with Crippen molar-refractivity contribution in [3.63, 3.8) is 0 Å². The van der Waals surface area contributed by atoms with Crippen LogP contribution in [-0.4, -0.2) is 27.0 Å². The maximum Gasteiger partial charge on any atom is 0.354 e. The molecule has 1 amide bonds. The van der Waals surface area contributed by atoms with Gasteiger partial charge in [-0.3, -0.25) is 4.79 Å². The van der Waals surface area contributed by atoms with Crippen LogP contribution in [0.4, 0.5) is 5.69 Å². The van der Waals surface area contributed by atoms with Gasteiger partial charge in [0.05, 0.1) is 17.0 Å². The number of anilines is 1. The number of aromatic carboxylic acids is 1. The largest absolute Gasteiger partial charge is 0.477 e. The second kappa shape index (κ2) is 5.29. The molecule has 8 heteroatoms. The van der Waals surface area contributed by atoms with Crippen molar-refractivity contribution in [2.24, 2.45) is 0 Å². The van der Waals surface area contributed by atoms with Crippen LogP contribution in [0.5, 0.6) is 0 Å². The van der Waals surface area contributed by atoms with Crippen molar-refractivity contribution in [1.29, 1.82) is 0 Å². The van der Waals surface area contributed by atoms with E-state index in [1.165, 1.54) is 12.1 Å². The SMILES string of the molecule is O=C(Nc1cc(Cl)ccc1Cl)c1nc[nH]c1C(=O)O. The molecular weight excluding hydrogens is 293 g/mol. The highest BCUT2D eigenvalue weighted by Crippen LogP contribution is 2.25. The average Bonchev–Trinajstić information content (AvgIpc) is 2.83. The van der Waals surface area contributed by atoms with E-state index in [2.05, 4.69) is 15.3 Å². The number of nitrogens with one attached hydrogen (secondary N) is 2. The normalized spacial score (nSPS) is 10.2. The lowest BCUT2D eigenvalue weighted by Gasteiger charge is -2.06. The molecule has 1 aromatic heterocycles. The Balaban J connectivity index is 2.28. The maximum atomic E-state index is 11.9. The Hall–Kier alpha value is -2.05. The van der Waals surface area contributed by atoms with Crippen LogP contribution in [0.25, 0.3) is 0 Å². The van der Waals surface area contributed by atoms with E-state index in [-0.39, 0.29) is 22.1 Å². The number of carbonyl (C=O) groups is 2. The monoisotopic (exact) mass is 299 g/mol. The second-order valence-corrected chi connectivity index (χ2v) is 4.35. The molecule has 0 fully saturated rings. The Morgan fingerprint density at radius 2 is 2.05 bits per heavy atom. The Bertz CT molecular complexity index is 654. The number of carboxylic acid groups (broad SMARTS) is 1. The van der Waals surface area contributed by atoms with Crippen molar-refractivity contribution in [3.05, 3.63) is 46.0 Å². The standard InChI is InChI=1S/C11H7Cl2N3O3/c12-5-1-2-6(13)7(3-5)16-10(17)8-9(11(18)19)15-4-14-8/h1-4H,(H,14,15)(H,16,17)(H,18,19). The molecule has 0 saturated carbocycles. The highest BCUT2D eigenvalue weighted by Gasteiger charge is 2.20. The molecular formula is C11H7Cl2N3O3. The molecule has 1 aromatic carbocycles. The summed E-state index contributed by atoms with van der Waals surface area (Å²) in [5, 5.41) is 12.0. The number of halogens is 2. The lowest BCUT2D eigenvalue weighted by atomic mass is 10.2. The molecule has 98 valence electrons. The lowest BCUT2D eigenvalue weighted by molar-refractivity contribution is 0.0686. The van der Waals surface area contributed by atoms with Crippen LogP contribution in [0.3, 0.4) is 0 Å². The van der Waals surface area contributed by atoms with Gasteiger partial charge in [0.25, 0.3) is 5.91 Å². The summed E-state index contributed by atoms with van der Waals surface area (Å²) in [6.07, 6.45) is 1.12. The van der Waals surface area contributed by atoms with Crippen LogP contribution < -0.4 is 5.32 Å². The van der Waals surface area contributed by atoms with Gasteiger partial charge < -0.3 is 15.4 Å². The number of carboxylic acids is 1. The van der Waals surface area contributed by atoms with Crippen LogP contribution in [-0.2, 0) is 0 Å². The number of benzene rings is 1. The van der Waals surface area contributed by atoms with E-state index in [4.69, 9.17) is 28.3 Å². The molecule has 0 atom stereocenters. The summed E-state index contributed by atoms with van der Waals surface area (Å²) in [6.45, 7) is 0. The maximum absolute atomic E-state index is 11.9. The van der Waals surface area contributed by atoms with Gasteiger partial charge in [-0.1, -0.05) is 23.2 Å². The van der Waals surface area contributed by atoms with E-state index < -0.39 is 11.9 Å². The van der Waals surface area contributed by atoms with Gasteiger partial charge in [0, 0.05) is 5.02 Å². The summed E-state index contributed by atoms with van der Waals surface area (Å²) in [6, 6.07) is 4.54. The van der Waals surface area contributed by atoms with Crippen molar-refractivity contribution in [2.75, 3.05) is 5.32 Å². The van der Waals surface area contributed by atoms with Crippen LogP contribution in [0, 0.1) is 0 Å². The summed E-state index contributed by atoms with van der Waals surface area (Å²) in [4.78, 5) is 28.8. The molecule has 6 nitrogen and oxygen atoms in total. The van der Waals surface area contributed by atoms with Gasteiger partial charge in [-0.05, 0) is 18.2 Å². The van der Waals surface area contributed by atoms with E-state index >= 15 is 0 Å². The first-order valence-electron chi connectivity index (χ1n) is 5.02. The Kier molecular flexibility index (Phi) is 3.73. The first-order chi connectivity index (χ1) is 8.99. The molecule has 0 saturated heterocycles. The second-order valence-electron chi connectivity index (χ2n) is 3.51. The van der Waals surface area contributed by atoms with Crippen molar-refractivity contribution in [2.45, 2.75) is 0 Å². The minimum absolute atomic E-state index is 0.233. The number of imidazole rings is 1. The fourth-order valence-corrected chi connectivity index (χ4v) is 1.74. The van der Waals surface area contributed by atoms with Gasteiger partial charge in [-0.25, -0.2) is 9.78 Å². The highest BCUT2D eigenvalue weighted by atomic mass is 35.5. The van der Waals surface area contributed by atoms with Crippen molar-refractivity contribution >= 4 is 40.8 Å². The Morgan fingerprint density at radius 1 is 1.32 bits per heavy atom. The number of H-pyrrole nitrogens is 1. The van der Waals surface area contributed by atoms with Gasteiger partial charge in [-0.2, -0.15) is 0 Å². The van der Waals surface area contributed by atoms with Gasteiger partial charge in [-0.15, -0.1) is 0 Å². The third-order valence-electron chi connectivity index (χ3n) is 2.24. The van der Waals surface area contributed by atoms with E-state index in [0.717, 1.165) is 6.33 Å². The first kappa shape index (κ1) is 13.4.